The fraction of sp³-hybridized carbons (Fsp3) is 0.333. The van der Waals surface area contributed by atoms with E-state index in [-0.39, 0.29) is 18.9 Å². The number of hydrogen-bond donors (Lipinski definition) is 3. The number of nitrogens with zero attached hydrogens (tertiary/aromatic N) is 4. The second-order valence-electron chi connectivity index (χ2n) is 7.01. The number of pyridine rings is 2. The number of carbonyl (C=O) groups excluding carboxylic acids is 1. The average molecular weight is 433 g/mol. The first-order valence-corrected chi connectivity index (χ1v) is 10.5. The first-order chi connectivity index (χ1) is 14.1. The highest BCUT2D eigenvalue weighted by atomic mass is 32.2. The molecule has 0 spiro atoms. The Balaban J connectivity index is 1.80. The van der Waals surface area contributed by atoms with Crippen LogP contribution < -0.4 is 26.6 Å². The van der Waals surface area contributed by atoms with Crippen molar-refractivity contribution in [3.8, 4) is 0 Å². The van der Waals surface area contributed by atoms with Crippen LogP contribution in [-0.4, -0.2) is 55.2 Å². The van der Waals surface area contributed by atoms with Crippen molar-refractivity contribution in [2.45, 2.75) is 25.4 Å². The number of anilines is 2. The summed E-state index contributed by atoms with van der Waals surface area (Å²) >= 11 is 0. The average Bonchev–Trinajstić information content (AvgIpc) is 3.03. The lowest BCUT2D eigenvalue weighted by atomic mass is 10.1. The number of rotatable bonds is 6. The molecule has 0 bridgehead atoms. The normalized spacial score (nSPS) is 19.1. The number of nitrogens with one attached hydrogen (secondary N) is 1. The molecule has 0 aliphatic carbocycles. The minimum absolute atomic E-state index is 0.0422. The molecule has 1 aliphatic rings. The maximum absolute atomic E-state index is 12.6. The molecule has 1 aliphatic heterocycles. The summed E-state index contributed by atoms with van der Waals surface area (Å²) in [6.45, 7) is 5.47. The van der Waals surface area contributed by atoms with Gasteiger partial charge in [-0.3, -0.25) is 9.59 Å². The van der Waals surface area contributed by atoms with Crippen molar-refractivity contribution < 1.29 is 13.2 Å². The van der Waals surface area contributed by atoms with E-state index in [0.717, 1.165) is 6.07 Å². The van der Waals surface area contributed by atoms with E-state index in [1.165, 1.54) is 18.3 Å². The lowest BCUT2D eigenvalue weighted by molar-refractivity contribution is -0.117. The smallest absolute Gasteiger partial charge is 0.308 e. The molecule has 160 valence electrons. The third-order valence-corrected chi connectivity index (χ3v) is 6.28. The number of nitrogens with two attached hydrogens (primary N) is 2. The molecule has 2 unspecified atom stereocenters. The molecule has 2 atom stereocenters. The van der Waals surface area contributed by atoms with Crippen LogP contribution in [0, 0.1) is 6.92 Å². The van der Waals surface area contributed by atoms with E-state index >= 15 is 0 Å². The fourth-order valence-corrected chi connectivity index (χ4v) is 4.56. The van der Waals surface area contributed by atoms with Crippen molar-refractivity contribution >= 4 is 34.3 Å². The van der Waals surface area contributed by atoms with Gasteiger partial charge in [-0.2, -0.15) is 17.1 Å². The molecule has 30 heavy (non-hydrogen) atoms. The Morgan fingerprint density at radius 3 is 2.80 bits per heavy atom. The van der Waals surface area contributed by atoms with Crippen LogP contribution in [0.4, 0.5) is 11.5 Å². The molecule has 1 fully saturated rings. The van der Waals surface area contributed by atoms with Crippen molar-refractivity contribution in [3.63, 3.8) is 0 Å². The van der Waals surface area contributed by atoms with Crippen LogP contribution in [0.3, 0.4) is 0 Å². The molecule has 0 saturated carbocycles. The van der Waals surface area contributed by atoms with E-state index in [2.05, 4.69) is 21.4 Å². The summed E-state index contributed by atoms with van der Waals surface area (Å²) in [5.41, 5.74) is 13.2. The quantitative estimate of drug-likeness (QED) is 0.478. The fourth-order valence-electron chi connectivity index (χ4n) is 3.29. The molecule has 3 rings (SSSR count). The maximum Gasteiger partial charge on any atom is 0.308 e. The monoisotopic (exact) mass is 433 g/mol. The van der Waals surface area contributed by atoms with Gasteiger partial charge in [-0.1, -0.05) is 6.07 Å². The summed E-state index contributed by atoms with van der Waals surface area (Å²) in [6, 6.07) is 4.50. The second-order valence-corrected chi connectivity index (χ2v) is 8.59. The Hall–Kier alpha value is -3.09. The molecule has 0 aromatic carbocycles. The Morgan fingerprint density at radius 2 is 2.13 bits per heavy atom. The van der Waals surface area contributed by atoms with Gasteiger partial charge in [0.15, 0.2) is 5.82 Å². The molecule has 3 heterocycles. The number of aryl methyl sites for hydroxylation is 1. The van der Waals surface area contributed by atoms with E-state index < -0.39 is 27.9 Å². The highest BCUT2D eigenvalue weighted by Crippen LogP contribution is 2.27. The summed E-state index contributed by atoms with van der Waals surface area (Å²) in [6.07, 6.45) is 1.21. The van der Waals surface area contributed by atoms with Gasteiger partial charge in [0.1, 0.15) is 0 Å². The van der Waals surface area contributed by atoms with E-state index in [1.54, 1.807) is 17.9 Å². The standard InChI is InChI=1S/C18H23N7O4S/c1-11-12(8-16(26)21-2)7-13(19)18(22-11)24-9-14(20)15(10-24)23-30(28,29)25-6-4-3-5-17(25)27/h3-7,14-15,23H,2,8-10,19-20H2,1H3. The van der Waals surface area contributed by atoms with Crippen molar-refractivity contribution in [3.05, 3.63) is 52.1 Å². The van der Waals surface area contributed by atoms with E-state index in [1.807, 2.05) is 0 Å². The Labute approximate surface area is 173 Å². The number of nitrogen functional groups attached to an aromatic ring is 1. The Kier molecular flexibility index (Phi) is 6.01. The third kappa shape index (κ3) is 4.40. The summed E-state index contributed by atoms with van der Waals surface area (Å²) in [7, 11) is -4.11. The number of hydrogen-bond acceptors (Lipinski definition) is 8. The van der Waals surface area contributed by atoms with Gasteiger partial charge >= 0.3 is 10.2 Å². The summed E-state index contributed by atoms with van der Waals surface area (Å²) in [5, 5.41) is 0. The van der Waals surface area contributed by atoms with Crippen molar-refractivity contribution in [1.82, 2.24) is 13.7 Å². The second kappa shape index (κ2) is 8.34. The predicted octanol–water partition coefficient (Wildman–Crippen LogP) is -1.20. The minimum Gasteiger partial charge on any atom is -0.396 e. The molecule has 2 aromatic heterocycles. The number of aromatic nitrogens is 2. The zero-order valence-corrected chi connectivity index (χ0v) is 17.2. The molecule has 5 N–H and O–H groups in total. The van der Waals surface area contributed by atoms with E-state index in [9.17, 15) is 18.0 Å². The van der Waals surface area contributed by atoms with Crippen LogP contribution in [0.5, 0.6) is 0 Å². The van der Waals surface area contributed by atoms with Gasteiger partial charge in [0.25, 0.3) is 5.56 Å². The maximum atomic E-state index is 12.6. The zero-order chi connectivity index (χ0) is 22.1. The van der Waals surface area contributed by atoms with Gasteiger partial charge in [0.2, 0.25) is 5.91 Å². The predicted molar refractivity (Wildman–Crippen MR) is 114 cm³/mol. The minimum atomic E-state index is -4.11. The summed E-state index contributed by atoms with van der Waals surface area (Å²) in [4.78, 5) is 33.0. The topological polar surface area (TPSA) is 166 Å². The number of carbonyl (C=O) groups is 1. The molecule has 0 radical (unpaired) electrons. The molecular weight excluding hydrogens is 410 g/mol. The van der Waals surface area contributed by atoms with Crippen LogP contribution in [-0.2, 0) is 21.4 Å². The van der Waals surface area contributed by atoms with Gasteiger partial charge in [-0.25, -0.2) is 9.98 Å². The van der Waals surface area contributed by atoms with Crippen LogP contribution in [0.25, 0.3) is 0 Å². The van der Waals surface area contributed by atoms with Crippen molar-refractivity contribution in [2.24, 2.45) is 10.7 Å². The number of amides is 1. The largest absolute Gasteiger partial charge is 0.396 e. The molecule has 12 heteroatoms. The molecule has 11 nitrogen and oxygen atoms in total. The molecule has 1 saturated heterocycles. The molecule has 2 aromatic rings. The highest BCUT2D eigenvalue weighted by Gasteiger charge is 2.35. The van der Waals surface area contributed by atoms with Gasteiger partial charge in [0, 0.05) is 37.1 Å². The summed E-state index contributed by atoms with van der Waals surface area (Å²) < 4.78 is 28.3. The lowest BCUT2D eigenvalue weighted by Crippen LogP contribution is -2.49. The van der Waals surface area contributed by atoms with Crippen molar-refractivity contribution in [2.75, 3.05) is 23.7 Å². The lowest BCUT2D eigenvalue weighted by Gasteiger charge is -2.21. The molecular formula is C18H23N7O4S. The zero-order valence-electron chi connectivity index (χ0n) is 16.4. The van der Waals surface area contributed by atoms with Crippen LogP contribution in [0.1, 0.15) is 11.3 Å². The Morgan fingerprint density at radius 1 is 1.40 bits per heavy atom. The van der Waals surface area contributed by atoms with E-state index in [0.29, 0.717) is 33.3 Å². The van der Waals surface area contributed by atoms with E-state index in [4.69, 9.17) is 11.5 Å². The van der Waals surface area contributed by atoms with Gasteiger partial charge in [-0.15, -0.1) is 0 Å². The summed E-state index contributed by atoms with van der Waals surface area (Å²) in [5.74, 6) is 0.0603. The van der Waals surface area contributed by atoms with Gasteiger partial charge < -0.3 is 16.4 Å². The van der Waals surface area contributed by atoms with Crippen LogP contribution >= 0.6 is 0 Å². The molecule has 1 amide bonds. The first-order valence-electron chi connectivity index (χ1n) is 9.09. The number of aliphatic imine (C=N–C) groups is 1. The van der Waals surface area contributed by atoms with Crippen LogP contribution in [0.15, 0.2) is 40.2 Å². The van der Waals surface area contributed by atoms with Crippen LogP contribution in [0.2, 0.25) is 0 Å². The van der Waals surface area contributed by atoms with Crippen molar-refractivity contribution in [1.29, 1.82) is 0 Å². The Bertz CT molecular complexity index is 1150. The van der Waals surface area contributed by atoms with Gasteiger partial charge in [-0.05, 0) is 31.3 Å². The van der Waals surface area contributed by atoms with Gasteiger partial charge in [0.05, 0.1) is 18.2 Å². The third-order valence-electron chi connectivity index (χ3n) is 4.86. The SMILES string of the molecule is C=NC(=O)Cc1cc(N)c(N2CC(N)C(NS(=O)(=O)n3ccccc3=O)C2)nc1C. The highest BCUT2D eigenvalue weighted by molar-refractivity contribution is 7.87. The first kappa shape index (κ1) is 21.6.